The van der Waals surface area contributed by atoms with Crippen LogP contribution in [0.2, 0.25) is 0 Å². The molecule has 1 heterocycles. The van der Waals surface area contributed by atoms with Crippen LogP contribution >= 0.6 is 0 Å². The molecule has 6 nitrogen and oxygen atoms in total. The smallest absolute Gasteiger partial charge is 0.241 e. The molecule has 23 heavy (non-hydrogen) atoms. The number of rotatable bonds is 6. The van der Waals surface area contributed by atoms with Crippen molar-refractivity contribution in [3.05, 3.63) is 35.9 Å². The Balaban J connectivity index is 2.16. The predicted molar refractivity (Wildman–Crippen MR) is 90.8 cm³/mol. The fraction of sp³-hybridized carbons (Fsp3) is 0.438. The Bertz CT molecular complexity index is 728. The Hall–Kier alpha value is -1.70. The number of primary sulfonamides is 1. The van der Waals surface area contributed by atoms with Gasteiger partial charge in [0.05, 0.1) is 11.4 Å². The molecular weight excluding hydrogens is 314 g/mol. The lowest BCUT2D eigenvalue weighted by Crippen LogP contribution is -2.40. The number of amides is 1. The second kappa shape index (κ2) is 6.82. The third-order valence-corrected chi connectivity index (χ3v) is 4.79. The second-order valence-corrected chi connectivity index (χ2v) is 7.45. The van der Waals surface area contributed by atoms with Crippen LogP contribution in [0.1, 0.15) is 19.4 Å². The van der Waals surface area contributed by atoms with Gasteiger partial charge >= 0.3 is 0 Å². The molecule has 0 unspecified atom stereocenters. The van der Waals surface area contributed by atoms with E-state index >= 15 is 0 Å². The average molecular weight is 337 g/mol. The van der Waals surface area contributed by atoms with Crippen LogP contribution in [0, 0.1) is 0 Å². The number of likely N-dealkylation sites (N-methyl/N-ethyl adjacent to an activating group) is 1. The van der Waals surface area contributed by atoms with Crippen molar-refractivity contribution in [2.45, 2.75) is 25.2 Å². The van der Waals surface area contributed by atoms with Gasteiger partial charge in [0.15, 0.2) is 0 Å². The van der Waals surface area contributed by atoms with E-state index in [4.69, 9.17) is 5.14 Å². The van der Waals surface area contributed by atoms with E-state index in [-0.39, 0.29) is 10.8 Å². The molecule has 0 saturated heterocycles. The van der Waals surface area contributed by atoms with Gasteiger partial charge < -0.3 is 4.90 Å². The molecule has 0 saturated carbocycles. The molecular formula is C16H23N3O3S. The monoisotopic (exact) mass is 337 g/mol. The van der Waals surface area contributed by atoms with Crippen molar-refractivity contribution < 1.29 is 13.2 Å². The van der Waals surface area contributed by atoms with Crippen molar-refractivity contribution in [2.75, 3.05) is 31.1 Å². The van der Waals surface area contributed by atoms with Crippen LogP contribution in [-0.4, -0.2) is 45.4 Å². The fourth-order valence-electron chi connectivity index (χ4n) is 2.75. The van der Waals surface area contributed by atoms with E-state index in [0.29, 0.717) is 26.1 Å². The summed E-state index contributed by atoms with van der Waals surface area (Å²) in [7, 11) is -3.72. The predicted octanol–water partition coefficient (Wildman–Crippen LogP) is 1.12. The minimum Gasteiger partial charge on any atom is -0.311 e. The largest absolute Gasteiger partial charge is 0.311 e. The van der Waals surface area contributed by atoms with Gasteiger partial charge in [-0.25, -0.2) is 13.6 Å². The maximum atomic E-state index is 12.6. The summed E-state index contributed by atoms with van der Waals surface area (Å²) in [5.74, 6) is 0.00945. The molecule has 1 amide bonds. The van der Waals surface area contributed by atoms with Gasteiger partial charge in [0.25, 0.3) is 0 Å². The maximum Gasteiger partial charge on any atom is 0.241 e. The molecule has 0 bridgehead atoms. The highest BCUT2D eigenvalue weighted by Gasteiger charge is 2.26. The van der Waals surface area contributed by atoms with E-state index in [1.807, 2.05) is 18.7 Å². The molecule has 0 aliphatic carbocycles. The number of benzene rings is 1. The Kier molecular flexibility index (Phi) is 5.23. The van der Waals surface area contributed by atoms with Crippen LogP contribution in [-0.2, 0) is 21.2 Å². The number of hydrogen-bond donors (Lipinski definition) is 1. The number of nitrogens with zero attached hydrogens (tertiary/aromatic N) is 2. The van der Waals surface area contributed by atoms with Crippen molar-refractivity contribution in [3.8, 4) is 0 Å². The minimum atomic E-state index is -3.72. The molecule has 1 aliphatic rings. The van der Waals surface area contributed by atoms with Gasteiger partial charge in [-0.3, -0.25) is 9.69 Å². The van der Waals surface area contributed by atoms with E-state index in [9.17, 15) is 13.2 Å². The lowest BCUT2D eigenvalue weighted by atomic mass is 10.2. The summed E-state index contributed by atoms with van der Waals surface area (Å²) in [6.07, 6.45) is 0.636. The highest BCUT2D eigenvalue weighted by atomic mass is 32.2. The molecule has 2 N–H and O–H groups in total. The molecule has 2 rings (SSSR count). The zero-order chi connectivity index (χ0) is 17.2. The molecule has 1 aromatic rings. The van der Waals surface area contributed by atoms with E-state index in [1.54, 1.807) is 17.0 Å². The van der Waals surface area contributed by atoms with Gasteiger partial charge in [-0.05, 0) is 43.7 Å². The van der Waals surface area contributed by atoms with Crippen LogP contribution in [0.3, 0.4) is 0 Å². The number of hydrogen-bond acceptors (Lipinski definition) is 4. The fourth-order valence-corrected chi connectivity index (χ4v) is 3.32. The summed E-state index contributed by atoms with van der Waals surface area (Å²) in [4.78, 5) is 16.4. The zero-order valence-electron chi connectivity index (χ0n) is 13.6. The molecule has 7 heteroatoms. The molecule has 1 aromatic carbocycles. The van der Waals surface area contributed by atoms with Crippen LogP contribution in [0.5, 0.6) is 0 Å². The Morgan fingerprint density at radius 3 is 2.65 bits per heavy atom. The van der Waals surface area contributed by atoms with Gasteiger partial charge in [0.2, 0.25) is 15.9 Å². The number of nitrogens with two attached hydrogens (primary N) is 1. The maximum absolute atomic E-state index is 12.6. The standard InChI is InChI=1S/C16H23N3O3S/c1-4-18(10-12(2)3)11-16(20)19-8-7-13-9-14(23(17,21)22)5-6-15(13)19/h5-6,9H,2,4,7-8,10-11H2,1,3H3,(H2,17,21,22). The summed E-state index contributed by atoms with van der Waals surface area (Å²) in [6, 6.07) is 4.67. The molecule has 1 aliphatic heterocycles. The summed E-state index contributed by atoms with van der Waals surface area (Å²) in [5.41, 5.74) is 2.63. The first kappa shape index (κ1) is 17.7. The summed E-state index contributed by atoms with van der Waals surface area (Å²) >= 11 is 0. The number of sulfonamides is 1. The average Bonchev–Trinajstić information content (AvgIpc) is 2.88. The lowest BCUT2D eigenvalue weighted by Gasteiger charge is -2.24. The van der Waals surface area contributed by atoms with Gasteiger partial charge in [0, 0.05) is 18.8 Å². The van der Waals surface area contributed by atoms with Crippen molar-refractivity contribution in [1.82, 2.24) is 4.90 Å². The summed E-state index contributed by atoms with van der Waals surface area (Å²) < 4.78 is 22.8. The number of anilines is 1. The molecule has 126 valence electrons. The minimum absolute atomic E-state index is 0.00945. The van der Waals surface area contributed by atoms with Crippen LogP contribution < -0.4 is 10.0 Å². The van der Waals surface area contributed by atoms with Gasteiger partial charge in [-0.1, -0.05) is 19.1 Å². The highest BCUT2D eigenvalue weighted by Crippen LogP contribution is 2.30. The van der Waals surface area contributed by atoms with E-state index in [0.717, 1.165) is 23.4 Å². The molecule has 0 atom stereocenters. The third-order valence-electron chi connectivity index (χ3n) is 3.88. The van der Waals surface area contributed by atoms with Crippen molar-refractivity contribution in [2.24, 2.45) is 5.14 Å². The SMILES string of the molecule is C=C(C)CN(CC)CC(=O)N1CCc2cc(S(N)(=O)=O)ccc21. The normalized spacial score (nSPS) is 14.2. The first-order valence-electron chi connectivity index (χ1n) is 7.55. The lowest BCUT2D eigenvalue weighted by molar-refractivity contribution is -0.119. The second-order valence-electron chi connectivity index (χ2n) is 5.89. The Morgan fingerprint density at radius 1 is 1.39 bits per heavy atom. The molecule has 0 fully saturated rings. The topological polar surface area (TPSA) is 83.7 Å². The Morgan fingerprint density at radius 2 is 2.09 bits per heavy atom. The number of carbonyl (C=O) groups excluding carboxylic acids is 1. The van der Waals surface area contributed by atoms with Crippen molar-refractivity contribution >= 4 is 21.6 Å². The third kappa shape index (κ3) is 4.19. The van der Waals surface area contributed by atoms with Gasteiger partial charge in [-0.2, -0.15) is 0 Å². The first-order chi connectivity index (χ1) is 10.7. The summed E-state index contributed by atoms with van der Waals surface area (Å²) in [6.45, 7) is 10.2. The van der Waals surface area contributed by atoms with Gasteiger partial charge in [-0.15, -0.1) is 0 Å². The molecule has 0 radical (unpaired) electrons. The van der Waals surface area contributed by atoms with Crippen LogP contribution in [0.15, 0.2) is 35.2 Å². The van der Waals surface area contributed by atoms with Crippen LogP contribution in [0.25, 0.3) is 0 Å². The highest BCUT2D eigenvalue weighted by molar-refractivity contribution is 7.89. The number of carbonyl (C=O) groups is 1. The quantitative estimate of drug-likeness (QED) is 0.789. The first-order valence-corrected chi connectivity index (χ1v) is 9.10. The Labute approximate surface area is 137 Å². The van der Waals surface area contributed by atoms with E-state index in [1.165, 1.54) is 6.07 Å². The van der Waals surface area contributed by atoms with Crippen molar-refractivity contribution in [1.29, 1.82) is 0 Å². The van der Waals surface area contributed by atoms with E-state index < -0.39 is 10.0 Å². The summed E-state index contributed by atoms with van der Waals surface area (Å²) in [5, 5.41) is 5.15. The zero-order valence-corrected chi connectivity index (χ0v) is 14.4. The van der Waals surface area contributed by atoms with Crippen molar-refractivity contribution in [3.63, 3.8) is 0 Å². The molecule has 0 spiro atoms. The molecule has 0 aromatic heterocycles. The van der Waals surface area contributed by atoms with Gasteiger partial charge in [0.1, 0.15) is 0 Å². The number of fused-ring (bicyclic) bond motifs is 1. The van der Waals surface area contributed by atoms with E-state index in [2.05, 4.69) is 6.58 Å². The van der Waals surface area contributed by atoms with Crippen LogP contribution in [0.4, 0.5) is 5.69 Å².